The average Bonchev–Trinajstić information content (AvgIpc) is 3.42. The number of anilines is 1. The van der Waals surface area contributed by atoms with Crippen molar-refractivity contribution in [1.29, 1.82) is 0 Å². The van der Waals surface area contributed by atoms with Crippen LogP contribution < -0.4 is 10.6 Å². The summed E-state index contributed by atoms with van der Waals surface area (Å²) in [4.78, 5) is 12.2. The number of carbonyl (C=O) groups excluding carboxylic acids is 1. The van der Waals surface area contributed by atoms with Gasteiger partial charge in [0.05, 0.1) is 17.8 Å². The van der Waals surface area contributed by atoms with Gasteiger partial charge in [0.2, 0.25) is 0 Å². The predicted octanol–water partition coefficient (Wildman–Crippen LogP) is 5.86. The summed E-state index contributed by atoms with van der Waals surface area (Å²) in [5.41, 5.74) is 3.92. The van der Waals surface area contributed by atoms with E-state index in [2.05, 4.69) is 28.7 Å². The Hall–Kier alpha value is -3.02. The molecular weight excluding hydrogens is 400 g/mol. The number of nitrogens with one attached hydrogen (secondary N) is 2. The van der Waals surface area contributed by atoms with E-state index >= 15 is 0 Å². The van der Waals surface area contributed by atoms with E-state index in [1.807, 2.05) is 50.6 Å². The second-order valence-electron chi connectivity index (χ2n) is 8.88. The highest BCUT2D eigenvalue weighted by atomic mass is 16.3. The first-order valence-corrected chi connectivity index (χ1v) is 11.8. The average molecular weight is 435 g/mol. The van der Waals surface area contributed by atoms with E-state index in [1.165, 1.54) is 37.7 Å². The second-order valence-corrected chi connectivity index (χ2v) is 8.88. The Morgan fingerprint density at radius 2 is 1.97 bits per heavy atom. The summed E-state index contributed by atoms with van der Waals surface area (Å²) < 4.78 is 7.96. The lowest BCUT2D eigenvalue weighted by Crippen LogP contribution is -2.24. The van der Waals surface area contributed by atoms with Crippen LogP contribution in [0, 0.1) is 12.8 Å². The number of carbonyl (C=O) groups is 1. The van der Waals surface area contributed by atoms with Gasteiger partial charge in [0.15, 0.2) is 0 Å². The van der Waals surface area contributed by atoms with Gasteiger partial charge in [0.1, 0.15) is 11.5 Å². The quantitative estimate of drug-likeness (QED) is 0.466. The predicted molar refractivity (Wildman–Crippen MR) is 128 cm³/mol. The van der Waals surface area contributed by atoms with E-state index in [0.29, 0.717) is 18.0 Å². The van der Waals surface area contributed by atoms with E-state index in [-0.39, 0.29) is 11.9 Å². The van der Waals surface area contributed by atoms with Crippen molar-refractivity contribution in [2.75, 3.05) is 11.9 Å². The van der Waals surface area contributed by atoms with Gasteiger partial charge in [-0.25, -0.2) is 0 Å². The SMILES string of the molecule is CCCNC(=O)c1ccc(NC(c2cc(-c3cnn(C)c3)oc2C)C2CCCCC2)cc1. The van der Waals surface area contributed by atoms with Crippen molar-refractivity contribution in [3.8, 4) is 11.3 Å². The molecule has 0 radical (unpaired) electrons. The minimum atomic E-state index is -0.0194. The van der Waals surface area contributed by atoms with Crippen LogP contribution in [0.1, 0.15) is 73.2 Å². The molecule has 6 heteroatoms. The third-order valence-corrected chi connectivity index (χ3v) is 6.41. The normalized spacial score (nSPS) is 15.5. The topological polar surface area (TPSA) is 72.1 Å². The number of rotatable bonds is 8. The van der Waals surface area contributed by atoms with Crippen molar-refractivity contribution in [3.05, 3.63) is 59.6 Å². The Morgan fingerprint density at radius 1 is 1.22 bits per heavy atom. The zero-order chi connectivity index (χ0) is 22.5. The summed E-state index contributed by atoms with van der Waals surface area (Å²) in [6.45, 7) is 4.80. The number of benzene rings is 1. The van der Waals surface area contributed by atoms with Gasteiger partial charge >= 0.3 is 0 Å². The molecule has 0 aliphatic heterocycles. The standard InChI is InChI=1S/C26H34N4O2/c1-4-14-27-26(31)20-10-12-22(13-11-20)29-25(19-8-6-5-7-9-19)23-15-24(32-18(23)2)21-16-28-30(3)17-21/h10-13,15-17,19,25,29H,4-9,14H2,1-3H3,(H,27,31). The molecule has 1 atom stereocenters. The van der Waals surface area contributed by atoms with Gasteiger partial charge in [-0.3, -0.25) is 9.48 Å². The summed E-state index contributed by atoms with van der Waals surface area (Å²) in [5.74, 6) is 2.34. The molecule has 0 spiro atoms. The molecule has 3 aromatic rings. The molecule has 1 aromatic carbocycles. The lowest BCUT2D eigenvalue weighted by atomic mass is 9.81. The molecule has 1 aliphatic carbocycles. The lowest BCUT2D eigenvalue weighted by Gasteiger charge is -2.31. The van der Waals surface area contributed by atoms with E-state index in [0.717, 1.165) is 29.2 Å². The van der Waals surface area contributed by atoms with Gasteiger partial charge in [-0.15, -0.1) is 0 Å². The highest BCUT2D eigenvalue weighted by Gasteiger charge is 2.28. The van der Waals surface area contributed by atoms with Gasteiger partial charge < -0.3 is 15.1 Å². The molecule has 0 saturated heterocycles. The largest absolute Gasteiger partial charge is 0.461 e. The zero-order valence-electron chi connectivity index (χ0n) is 19.4. The number of nitrogens with zero attached hydrogens (tertiary/aromatic N) is 2. The summed E-state index contributed by atoms with van der Waals surface area (Å²) in [6.07, 6.45) is 11.0. The molecule has 32 heavy (non-hydrogen) atoms. The molecule has 1 aliphatic rings. The molecule has 1 fully saturated rings. The molecule has 1 amide bonds. The van der Waals surface area contributed by atoms with Crippen molar-refractivity contribution in [2.24, 2.45) is 13.0 Å². The fraction of sp³-hybridized carbons (Fsp3) is 0.462. The maximum Gasteiger partial charge on any atom is 0.251 e. The van der Waals surface area contributed by atoms with Gasteiger partial charge in [-0.1, -0.05) is 26.2 Å². The summed E-state index contributed by atoms with van der Waals surface area (Å²) in [7, 11) is 1.92. The van der Waals surface area contributed by atoms with Gasteiger partial charge in [-0.2, -0.15) is 5.10 Å². The first kappa shape index (κ1) is 22.2. The number of hydrogen-bond donors (Lipinski definition) is 2. The first-order valence-electron chi connectivity index (χ1n) is 11.8. The van der Waals surface area contributed by atoms with Crippen LogP contribution in [0.2, 0.25) is 0 Å². The highest BCUT2D eigenvalue weighted by Crippen LogP contribution is 2.40. The number of hydrogen-bond acceptors (Lipinski definition) is 4. The van der Waals surface area contributed by atoms with E-state index in [1.54, 1.807) is 4.68 Å². The molecule has 4 rings (SSSR count). The Kier molecular flexibility index (Phi) is 6.98. The zero-order valence-corrected chi connectivity index (χ0v) is 19.4. The van der Waals surface area contributed by atoms with Crippen LogP contribution in [0.3, 0.4) is 0 Å². The molecule has 1 saturated carbocycles. The van der Waals surface area contributed by atoms with Crippen LogP contribution in [-0.4, -0.2) is 22.2 Å². The minimum absolute atomic E-state index is 0.0194. The first-order chi connectivity index (χ1) is 15.5. The molecule has 170 valence electrons. The Balaban J connectivity index is 1.58. The summed E-state index contributed by atoms with van der Waals surface area (Å²) in [5, 5.41) is 11.0. The monoisotopic (exact) mass is 434 g/mol. The van der Waals surface area contributed by atoms with E-state index < -0.39 is 0 Å². The van der Waals surface area contributed by atoms with Crippen LogP contribution in [0.4, 0.5) is 5.69 Å². The van der Waals surface area contributed by atoms with Crippen molar-refractivity contribution in [2.45, 2.75) is 58.4 Å². The Labute approximate surface area is 190 Å². The molecule has 6 nitrogen and oxygen atoms in total. The fourth-order valence-corrected chi connectivity index (χ4v) is 4.65. The summed E-state index contributed by atoms with van der Waals surface area (Å²) >= 11 is 0. The third kappa shape index (κ3) is 5.06. The summed E-state index contributed by atoms with van der Waals surface area (Å²) in [6, 6.07) is 10.2. The number of aromatic nitrogens is 2. The number of amides is 1. The smallest absolute Gasteiger partial charge is 0.251 e. The molecule has 1 unspecified atom stereocenters. The molecular formula is C26H34N4O2. The van der Waals surface area contributed by atoms with Gasteiger partial charge in [0.25, 0.3) is 5.91 Å². The van der Waals surface area contributed by atoms with Crippen molar-refractivity contribution in [1.82, 2.24) is 15.1 Å². The van der Waals surface area contributed by atoms with Crippen LogP contribution >= 0.6 is 0 Å². The van der Waals surface area contributed by atoms with E-state index in [9.17, 15) is 4.79 Å². The van der Waals surface area contributed by atoms with E-state index in [4.69, 9.17) is 4.42 Å². The molecule has 2 N–H and O–H groups in total. The van der Waals surface area contributed by atoms with Crippen LogP contribution in [0.25, 0.3) is 11.3 Å². The Bertz CT molecular complexity index is 1030. The lowest BCUT2D eigenvalue weighted by molar-refractivity contribution is 0.0953. The van der Waals surface area contributed by atoms with Crippen LogP contribution in [0.15, 0.2) is 47.1 Å². The fourth-order valence-electron chi connectivity index (χ4n) is 4.65. The number of aryl methyl sites for hydroxylation is 2. The number of furan rings is 1. The van der Waals surface area contributed by atoms with Crippen LogP contribution in [0.5, 0.6) is 0 Å². The van der Waals surface area contributed by atoms with Gasteiger partial charge in [-0.05, 0) is 62.4 Å². The highest BCUT2D eigenvalue weighted by molar-refractivity contribution is 5.94. The van der Waals surface area contributed by atoms with Gasteiger partial charge in [0, 0.05) is 36.6 Å². The van der Waals surface area contributed by atoms with Crippen molar-refractivity contribution < 1.29 is 9.21 Å². The molecule has 2 heterocycles. The molecule has 2 aromatic heterocycles. The maximum absolute atomic E-state index is 12.2. The third-order valence-electron chi connectivity index (χ3n) is 6.41. The Morgan fingerprint density at radius 3 is 2.62 bits per heavy atom. The van der Waals surface area contributed by atoms with Crippen molar-refractivity contribution in [3.63, 3.8) is 0 Å². The van der Waals surface area contributed by atoms with Crippen LogP contribution in [-0.2, 0) is 7.05 Å². The molecule has 0 bridgehead atoms. The minimum Gasteiger partial charge on any atom is -0.461 e. The second kappa shape index (κ2) is 10.1. The van der Waals surface area contributed by atoms with Crippen molar-refractivity contribution >= 4 is 11.6 Å². The maximum atomic E-state index is 12.2.